The Hall–Kier alpha value is -4.81. The summed E-state index contributed by atoms with van der Waals surface area (Å²) < 4.78 is 12.7. The highest BCUT2D eigenvalue weighted by Gasteiger charge is 2.29. The van der Waals surface area contributed by atoms with Crippen LogP contribution in [0.4, 0.5) is 15.8 Å². The summed E-state index contributed by atoms with van der Waals surface area (Å²) in [5, 5.41) is 38.4. The maximum atomic E-state index is 12.7. The van der Waals surface area contributed by atoms with Gasteiger partial charge in [0.05, 0.1) is 35.2 Å². The monoisotopic (exact) mass is 679 g/mol. The van der Waals surface area contributed by atoms with Gasteiger partial charge in [-0.3, -0.25) is 9.59 Å². The molecule has 0 saturated heterocycles. The Morgan fingerprint density at radius 1 is 0.745 bits per heavy atom. The summed E-state index contributed by atoms with van der Waals surface area (Å²) in [5.41, 5.74) is 8.66. The molecule has 0 radical (unpaired) electrons. The molecule has 0 aromatic heterocycles. The molecule has 4 aromatic rings. The van der Waals surface area contributed by atoms with E-state index in [0.717, 1.165) is 0 Å². The van der Waals surface area contributed by atoms with E-state index >= 15 is 0 Å². The van der Waals surface area contributed by atoms with E-state index in [1.165, 1.54) is 12.1 Å². The Labute approximate surface area is 281 Å². The van der Waals surface area contributed by atoms with E-state index in [2.05, 4.69) is 9.69 Å². The first kappa shape index (κ1) is 38.4. The number of nitrogens with two attached hydrogens (primary N) is 1. The Kier molecular flexibility index (Phi) is 15.0. The molecule has 0 aliphatic carbocycles. The summed E-state index contributed by atoms with van der Waals surface area (Å²) in [6, 6.07) is 21.8. The van der Waals surface area contributed by atoms with E-state index in [1.54, 1.807) is 86.6 Å². The van der Waals surface area contributed by atoms with Gasteiger partial charge < -0.3 is 26.2 Å². The van der Waals surface area contributed by atoms with Crippen molar-refractivity contribution >= 4 is 46.5 Å². The quantitative estimate of drug-likeness (QED) is 0.120. The highest BCUT2D eigenvalue weighted by Crippen LogP contribution is 2.34. The number of aliphatic hydroxyl groups excluding tert-OH is 2. The Balaban J connectivity index is 0.000000270. The predicted molar refractivity (Wildman–Crippen MR) is 178 cm³/mol. The van der Waals surface area contributed by atoms with Gasteiger partial charge in [0.2, 0.25) is 11.4 Å². The molecule has 0 amide bonds. The van der Waals surface area contributed by atoms with E-state index in [-0.39, 0.29) is 17.3 Å². The minimum atomic E-state index is -1.28. The van der Waals surface area contributed by atoms with E-state index < -0.39 is 36.1 Å². The van der Waals surface area contributed by atoms with Gasteiger partial charge in [-0.15, -0.1) is 0 Å². The van der Waals surface area contributed by atoms with Gasteiger partial charge in [0.25, 0.3) is 0 Å². The molecule has 0 bridgehead atoms. The fraction of sp³-hybridized carbons (Fsp3) is 0.200. The topological polar surface area (TPSA) is 150 Å². The van der Waals surface area contributed by atoms with Crippen LogP contribution in [0.5, 0.6) is 0 Å². The summed E-state index contributed by atoms with van der Waals surface area (Å²) in [7, 11) is 0. The van der Waals surface area contributed by atoms with Crippen molar-refractivity contribution in [3.63, 3.8) is 0 Å². The highest BCUT2D eigenvalue weighted by molar-refractivity contribution is 6.34. The number of aliphatic carboxylic acids is 2. The number of rotatable bonds is 8. The predicted octanol–water partition coefficient (Wildman–Crippen LogP) is 7.65. The van der Waals surface area contributed by atoms with Crippen molar-refractivity contribution in [3.8, 4) is 0 Å². The molecule has 0 aliphatic heterocycles. The van der Waals surface area contributed by atoms with Gasteiger partial charge in [-0.25, -0.2) is 14.1 Å². The zero-order valence-electron chi connectivity index (χ0n) is 25.3. The molecule has 12 heteroatoms. The Bertz CT molecular complexity index is 1760. The maximum Gasteiger partial charge on any atom is 0.323 e. The molecular formula is C35H32Cl2FN3O6. The second kappa shape index (κ2) is 18.4. The number of benzene rings is 4. The second-order valence-corrected chi connectivity index (χ2v) is 10.9. The van der Waals surface area contributed by atoms with Crippen LogP contribution in [0.25, 0.3) is 9.69 Å². The fourth-order valence-corrected chi connectivity index (χ4v) is 4.62. The first-order valence-electron chi connectivity index (χ1n) is 13.9. The van der Waals surface area contributed by atoms with Crippen LogP contribution in [-0.2, 0) is 16.0 Å². The molecule has 9 nitrogen and oxygen atoms in total. The van der Waals surface area contributed by atoms with Gasteiger partial charge in [-0.1, -0.05) is 102 Å². The van der Waals surface area contributed by atoms with Gasteiger partial charge in [-0.2, -0.15) is 0 Å². The van der Waals surface area contributed by atoms with Crippen LogP contribution >= 0.6 is 23.2 Å². The van der Waals surface area contributed by atoms with Gasteiger partial charge in [0.1, 0.15) is 18.0 Å². The van der Waals surface area contributed by atoms with Crippen LogP contribution in [-0.4, -0.2) is 38.4 Å². The standard InChI is InChI=1S/C18H16ClNO3.C9H11NO3.C8H5ClFN/c1-11-13(8-9-15(20-2)16(11)19)10-14(18(22)23)17(21)12-6-4-3-5-7-12;10-7(9(12)13)8(11)6-4-2-1-3-5-6;1-5-6(10)3-4-7(11-2)8(5)9/h3-9,14,17,21H,10H2,1H3,(H,22,23);1-5,7-8,11H,10H2,(H,12,13);3-4H,1H3. The number of carbonyl (C=O) groups is 2. The second-order valence-electron chi connectivity index (χ2n) is 10.1. The van der Waals surface area contributed by atoms with E-state index in [4.69, 9.17) is 47.2 Å². The lowest BCUT2D eigenvalue weighted by molar-refractivity contribution is -0.146. The molecule has 4 rings (SSSR count). The molecule has 0 fully saturated rings. The number of halogens is 3. The normalized spacial score (nSPS) is 12.7. The number of carboxylic acid groups (broad SMARTS) is 2. The van der Waals surface area contributed by atoms with E-state index in [1.807, 2.05) is 0 Å². The minimum absolute atomic E-state index is 0.134. The van der Waals surface area contributed by atoms with Crippen molar-refractivity contribution < 1.29 is 34.4 Å². The summed E-state index contributed by atoms with van der Waals surface area (Å²) in [6.45, 7) is 17.0. The fourth-order valence-electron chi connectivity index (χ4n) is 4.20. The summed E-state index contributed by atoms with van der Waals surface area (Å²) >= 11 is 11.8. The molecule has 47 heavy (non-hydrogen) atoms. The van der Waals surface area contributed by atoms with Crippen LogP contribution in [0.2, 0.25) is 10.0 Å². The SMILES string of the molecule is NC(C(=O)O)C(O)c1ccccc1.[C-]#[N+]c1ccc(CC(C(=O)O)C(O)c2ccccc2)c(C)c1Cl.[C-]#[N+]c1ccc(F)c(C)c1Cl. The molecule has 0 spiro atoms. The van der Waals surface area contributed by atoms with Crippen molar-refractivity contribution in [2.75, 3.05) is 0 Å². The lowest BCUT2D eigenvalue weighted by Crippen LogP contribution is -2.36. The molecular weight excluding hydrogens is 648 g/mol. The Morgan fingerprint density at radius 3 is 1.64 bits per heavy atom. The Morgan fingerprint density at radius 2 is 1.19 bits per heavy atom. The first-order valence-corrected chi connectivity index (χ1v) is 14.6. The average molecular weight is 681 g/mol. The molecule has 0 saturated carbocycles. The molecule has 244 valence electrons. The number of aliphatic hydroxyl groups is 2. The van der Waals surface area contributed by atoms with E-state index in [0.29, 0.717) is 44.2 Å². The number of carboxylic acids is 2. The van der Waals surface area contributed by atoms with Crippen LogP contribution in [0.1, 0.15) is 40.0 Å². The largest absolute Gasteiger partial charge is 0.481 e. The third kappa shape index (κ3) is 10.6. The molecule has 4 unspecified atom stereocenters. The van der Waals surface area contributed by atoms with Crippen molar-refractivity contribution in [2.45, 2.75) is 38.5 Å². The van der Waals surface area contributed by atoms with Gasteiger partial charge in [0, 0.05) is 0 Å². The zero-order valence-corrected chi connectivity index (χ0v) is 26.8. The zero-order chi connectivity index (χ0) is 35.3. The summed E-state index contributed by atoms with van der Waals surface area (Å²) in [6.07, 6.45) is -2.14. The molecule has 4 aromatic carbocycles. The van der Waals surface area contributed by atoms with Crippen molar-refractivity contribution in [1.82, 2.24) is 0 Å². The number of hydrogen-bond acceptors (Lipinski definition) is 5. The van der Waals surface area contributed by atoms with Crippen molar-refractivity contribution in [1.29, 1.82) is 0 Å². The van der Waals surface area contributed by atoms with Gasteiger partial charge in [0.15, 0.2) is 0 Å². The van der Waals surface area contributed by atoms with Gasteiger partial charge in [-0.05, 0) is 54.2 Å². The third-order valence-electron chi connectivity index (χ3n) is 7.06. The highest BCUT2D eigenvalue weighted by atomic mass is 35.5. The first-order chi connectivity index (χ1) is 22.2. The molecule has 4 atom stereocenters. The van der Waals surface area contributed by atoms with Crippen molar-refractivity contribution in [3.05, 3.63) is 151 Å². The molecule has 0 heterocycles. The maximum absolute atomic E-state index is 12.7. The molecule has 6 N–H and O–H groups in total. The lowest BCUT2D eigenvalue weighted by atomic mass is 9.88. The summed E-state index contributed by atoms with van der Waals surface area (Å²) in [5.74, 6) is -3.66. The summed E-state index contributed by atoms with van der Waals surface area (Å²) in [4.78, 5) is 28.5. The molecule has 0 aliphatic rings. The smallest absolute Gasteiger partial charge is 0.323 e. The van der Waals surface area contributed by atoms with Crippen LogP contribution in [0.15, 0.2) is 84.9 Å². The van der Waals surface area contributed by atoms with E-state index in [9.17, 15) is 29.3 Å². The lowest BCUT2D eigenvalue weighted by Gasteiger charge is -2.21. The number of nitrogens with zero attached hydrogens (tertiary/aromatic N) is 2. The van der Waals surface area contributed by atoms with Crippen LogP contribution in [0.3, 0.4) is 0 Å². The van der Waals surface area contributed by atoms with Gasteiger partial charge >= 0.3 is 11.9 Å². The average Bonchev–Trinajstić information content (AvgIpc) is 3.08. The van der Waals surface area contributed by atoms with Crippen LogP contribution in [0, 0.1) is 38.7 Å². The third-order valence-corrected chi connectivity index (χ3v) is 8.02. The van der Waals surface area contributed by atoms with Crippen molar-refractivity contribution in [2.24, 2.45) is 11.7 Å². The van der Waals surface area contributed by atoms with Crippen LogP contribution < -0.4 is 5.73 Å². The minimum Gasteiger partial charge on any atom is -0.481 e. The number of hydrogen-bond donors (Lipinski definition) is 5.